The molecule has 3 rings (SSSR count). The maximum absolute atomic E-state index is 13.4. The second-order valence-corrected chi connectivity index (χ2v) is 5.13. The van der Waals surface area contributed by atoms with E-state index in [4.69, 9.17) is 0 Å². The highest BCUT2D eigenvalue weighted by molar-refractivity contribution is 5.84. The van der Waals surface area contributed by atoms with Crippen molar-refractivity contribution >= 4 is 10.9 Å². The van der Waals surface area contributed by atoms with Crippen LogP contribution in [-0.4, -0.2) is 9.97 Å². The molecule has 0 fully saturated rings. The number of aromatic nitrogens is 2. The van der Waals surface area contributed by atoms with Crippen molar-refractivity contribution in [1.29, 1.82) is 0 Å². The summed E-state index contributed by atoms with van der Waals surface area (Å²) < 4.78 is 13.4. The predicted molar refractivity (Wildman–Crippen MR) is 79.0 cm³/mol. The number of hydrogen-bond acceptors (Lipinski definition) is 2. The number of rotatable bonds is 2. The number of hydrogen-bond donors (Lipinski definition) is 0. The highest BCUT2D eigenvalue weighted by Crippen LogP contribution is 2.29. The molecule has 0 saturated heterocycles. The molecule has 0 aliphatic heterocycles. The van der Waals surface area contributed by atoms with Gasteiger partial charge in [0.25, 0.3) is 0 Å². The minimum atomic E-state index is -0.247. The SMILES string of the molecule is CC(C)c1nc2ccc(F)cc2cc1-c1ccccn1. The Balaban J connectivity index is 2.30. The lowest BCUT2D eigenvalue weighted by Gasteiger charge is -2.13. The Morgan fingerprint density at radius 2 is 1.90 bits per heavy atom. The van der Waals surface area contributed by atoms with Crippen LogP contribution in [0.3, 0.4) is 0 Å². The second-order valence-electron chi connectivity index (χ2n) is 5.13. The van der Waals surface area contributed by atoms with Crippen LogP contribution in [0, 0.1) is 5.82 Å². The van der Waals surface area contributed by atoms with Gasteiger partial charge in [0.2, 0.25) is 0 Å². The summed E-state index contributed by atoms with van der Waals surface area (Å²) in [6, 6.07) is 12.4. The molecule has 0 unspecified atom stereocenters. The van der Waals surface area contributed by atoms with Crippen LogP contribution >= 0.6 is 0 Å². The normalized spacial score (nSPS) is 11.2. The highest BCUT2D eigenvalue weighted by Gasteiger charge is 2.13. The zero-order valence-corrected chi connectivity index (χ0v) is 11.5. The Labute approximate surface area is 117 Å². The number of fused-ring (bicyclic) bond motifs is 1. The first-order chi connectivity index (χ1) is 9.65. The molecule has 2 heterocycles. The molecule has 2 nitrogen and oxygen atoms in total. The monoisotopic (exact) mass is 266 g/mol. The molecule has 100 valence electrons. The smallest absolute Gasteiger partial charge is 0.123 e. The summed E-state index contributed by atoms with van der Waals surface area (Å²) >= 11 is 0. The Bertz CT molecular complexity index is 752. The van der Waals surface area contributed by atoms with E-state index in [1.165, 1.54) is 12.1 Å². The third kappa shape index (κ3) is 2.27. The third-order valence-corrected chi connectivity index (χ3v) is 3.29. The van der Waals surface area contributed by atoms with Crippen molar-refractivity contribution in [2.24, 2.45) is 0 Å². The van der Waals surface area contributed by atoms with Gasteiger partial charge in [0.1, 0.15) is 5.82 Å². The van der Waals surface area contributed by atoms with Gasteiger partial charge in [0.15, 0.2) is 0 Å². The molecule has 3 aromatic rings. The largest absolute Gasteiger partial charge is 0.256 e. The van der Waals surface area contributed by atoms with E-state index in [0.717, 1.165) is 27.9 Å². The topological polar surface area (TPSA) is 25.8 Å². The average Bonchev–Trinajstić information content (AvgIpc) is 2.46. The fraction of sp³-hybridized carbons (Fsp3) is 0.176. The highest BCUT2D eigenvalue weighted by atomic mass is 19.1. The van der Waals surface area contributed by atoms with Gasteiger partial charge in [0.05, 0.1) is 16.9 Å². The van der Waals surface area contributed by atoms with Crippen molar-refractivity contribution in [3.05, 3.63) is 60.2 Å². The molecule has 0 spiro atoms. The average molecular weight is 266 g/mol. The fourth-order valence-electron chi connectivity index (χ4n) is 2.33. The molecular weight excluding hydrogens is 251 g/mol. The lowest BCUT2D eigenvalue weighted by molar-refractivity contribution is 0.629. The summed E-state index contributed by atoms with van der Waals surface area (Å²) in [6.45, 7) is 4.20. The maximum Gasteiger partial charge on any atom is 0.123 e. The summed E-state index contributed by atoms with van der Waals surface area (Å²) in [5.41, 5.74) is 3.64. The van der Waals surface area contributed by atoms with Gasteiger partial charge in [-0.25, -0.2) is 4.39 Å². The van der Waals surface area contributed by atoms with Crippen molar-refractivity contribution in [3.63, 3.8) is 0 Å². The molecule has 0 bridgehead atoms. The van der Waals surface area contributed by atoms with Gasteiger partial charge in [-0.05, 0) is 42.3 Å². The molecule has 3 heteroatoms. The van der Waals surface area contributed by atoms with Crippen molar-refractivity contribution in [2.75, 3.05) is 0 Å². The molecule has 0 saturated carbocycles. The number of benzene rings is 1. The lowest BCUT2D eigenvalue weighted by atomic mass is 9.99. The summed E-state index contributed by atoms with van der Waals surface area (Å²) in [5.74, 6) is 0.0324. The lowest BCUT2D eigenvalue weighted by Crippen LogP contribution is -1.99. The molecule has 0 aliphatic carbocycles. The van der Waals surface area contributed by atoms with Gasteiger partial charge in [0, 0.05) is 17.1 Å². The van der Waals surface area contributed by atoms with Gasteiger partial charge in [-0.3, -0.25) is 9.97 Å². The van der Waals surface area contributed by atoms with Crippen LogP contribution in [0.2, 0.25) is 0 Å². The van der Waals surface area contributed by atoms with Crippen LogP contribution < -0.4 is 0 Å². The Kier molecular flexibility index (Phi) is 3.18. The van der Waals surface area contributed by atoms with E-state index in [1.54, 1.807) is 12.3 Å². The molecule has 0 aliphatic rings. The molecule has 1 aromatic carbocycles. The zero-order valence-electron chi connectivity index (χ0n) is 11.5. The molecule has 0 N–H and O–H groups in total. The number of nitrogens with zero attached hydrogens (tertiary/aromatic N) is 2. The third-order valence-electron chi connectivity index (χ3n) is 3.29. The van der Waals surface area contributed by atoms with Crippen molar-refractivity contribution in [1.82, 2.24) is 9.97 Å². The van der Waals surface area contributed by atoms with Crippen LogP contribution in [0.25, 0.3) is 22.2 Å². The standard InChI is InChI=1S/C17H15FN2/c1-11(2)17-14(16-5-3-4-8-19-16)10-12-9-13(18)6-7-15(12)20-17/h3-11H,1-2H3. The van der Waals surface area contributed by atoms with Gasteiger partial charge in [-0.15, -0.1) is 0 Å². The number of pyridine rings is 2. The molecule has 0 amide bonds. The minimum Gasteiger partial charge on any atom is -0.256 e. The van der Waals surface area contributed by atoms with E-state index in [-0.39, 0.29) is 11.7 Å². The Morgan fingerprint density at radius 3 is 2.60 bits per heavy atom. The molecule has 0 atom stereocenters. The predicted octanol–water partition coefficient (Wildman–Crippen LogP) is 4.56. The van der Waals surface area contributed by atoms with E-state index in [0.29, 0.717) is 0 Å². The van der Waals surface area contributed by atoms with Gasteiger partial charge in [-0.1, -0.05) is 19.9 Å². The first kappa shape index (κ1) is 12.7. The van der Waals surface area contributed by atoms with Gasteiger partial charge >= 0.3 is 0 Å². The minimum absolute atomic E-state index is 0.247. The van der Waals surface area contributed by atoms with E-state index < -0.39 is 0 Å². The van der Waals surface area contributed by atoms with Crippen LogP contribution in [0.4, 0.5) is 4.39 Å². The van der Waals surface area contributed by atoms with Gasteiger partial charge < -0.3 is 0 Å². The molecule has 2 aromatic heterocycles. The Morgan fingerprint density at radius 1 is 1.05 bits per heavy atom. The summed E-state index contributed by atoms with van der Waals surface area (Å²) in [7, 11) is 0. The van der Waals surface area contributed by atoms with Crippen LogP contribution in [-0.2, 0) is 0 Å². The Hall–Kier alpha value is -2.29. The van der Waals surface area contributed by atoms with Crippen LogP contribution in [0.1, 0.15) is 25.5 Å². The van der Waals surface area contributed by atoms with Crippen molar-refractivity contribution < 1.29 is 4.39 Å². The molecule has 0 radical (unpaired) electrons. The first-order valence-corrected chi connectivity index (χ1v) is 6.67. The zero-order chi connectivity index (χ0) is 14.1. The second kappa shape index (κ2) is 5.00. The quantitative estimate of drug-likeness (QED) is 0.679. The number of halogens is 1. The molecular formula is C17H15FN2. The first-order valence-electron chi connectivity index (χ1n) is 6.67. The van der Waals surface area contributed by atoms with Crippen LogP contribution in [0.5, 0.6) is 0 Å². The van der Waals surface area contributed by atoms with E-state index in [2.05, 4.69) is 23.8 Å². The van der Waals surface area contributed by atoms with Gasteiger partial charge in [-0.2, -0.15) is 0 Å². The van der Waals surface area contributed by atoms with Crippen molar-refractivity contribution in [2.45, 2.75) is 19.8 Å². The van der Waals surface area contributed by atoms with Crippen molar-refractivity contribution in [3.8, 4) is 11.3 Å². The van der Waals surface area contributed by atoms with E-state index in [1.807, 2.05) is 24.3 Å². The van der Waals surface area contributed by atoms with E-state index in [9.17, 15) is 4.39 Å². The summed E-state index contributed by atoms with van der Waals surface area (Å²) in [5, 5.41) is 0.801. The summed E-state index contributed by atoms with van der Waals surface area (Å²) in [6.07, 6.45) is 1.76. The maximum atomic E-state index is 13.4. The van der Waals surface area contributed by atoms with Crippen LogP contribution in [0.15, 0.2) is 48.7 Å². The fourth-order valence-corrected chi connectivity index (χ4v) is 2.33. The van der Waals surface area contributed by atoms with E-state index >= 15 is 0 Å². The summed E-state index contributed by atoms with van der Waals surface area (Å²) in [4.78, 5) is 9.07. The molecule has 20 heavy (non-hydrogen) atoms.